The summed E-state index contributed by atoms with van der Waals surface area (Å²) < 4.78 is 0. The molecule has 3 N–H and O–H groups in total. The first-order valence-corrected chi connectivity index (χ1v) is 6.18. The summed E-state index contributed by atoms with van der Waals surface area (Å²) in [6, 6.07) is 0. The van der Waals surface area contributed by atoms with Crippen molar-refractivity contribution in [3.8, 4) is 0 Å². The first-order chi connectivity index (χ1) is 6.97. The number of rotatable bonds is 4. The van der Waals surface area contributed by atoms with Gasteiger partial charge in [-0.05, 0) is 11.8 Å². The monoisotopic (exact) mass is 213 g/mol. The van der Waals surface area contributed by atoms with Crippen LogP contribution in [0.1, 0.15) is 27.7 Å². The number of piperazine rings is 1. The van der Waals surface area contributed by atoms with E-state index in [-0.39, 0.29) is 5.54 Å². The van der Waals surface area contributed by atoms with Crippen molar-refractivity contribution in [2.75, 3.05) is 32.7 Å². The van der Waals surface area contributed by atoms with E-state index in [0.717, 1.165) is 32.7 Å². The third kappa shape index (κ3) is 3.16. The largest absolute Gasteiger partial charge is 0.324 e. The van der Waals surface area contributed by atoms with Crippen molar-refractivity contribution in [2.24, 2.45) is 17.6 Å². The second kappa shape index (κ2) is 5.28. The molecule has 3 nitrogen and oxygen atoms in total. The highest BCUT2D eigenvalue weighted by Crippen LogP contribution is 2.24. The number of hydrogen-bond donors (Lipinski definition) is 2. The van der Waals surface area contributed by atoms with Gasteiger partial charge in [-0.2, -0.15) is 0 Å². The lowest BCUT2D eigenvalue weighted by Crippen LogP contribution is -2.60. The summed E-state index contributed by atoms with van der Waals surface area (Å²) in [5.74, 6) is 1.07. The molecular weight excluding hydrogens is 186 g/mol. The van der Waals surface area contributed by atoms with Crippen molar-refractivity contribution >= 4 is 0 Å². The van der Waals surface area contributed by atoms with Gasteiger partial charge in [-0.3, -0.25) is 4.90 Å². The van der Waals surface area contributed by atoms with Crippen LogP contribution in [-0.4, -0.2) is 43.2 Å². The minimum atomic E-state index is -0.0443. The van der Waals surface area contributed by atoms with E-state index in [2.05, 4.69) is 37.9 Å². The molecule has 0 aromatic rings. The van der Waals surface area contributed by atoms with Crippen LogP contribution in [0.5, 0.6) is 0 Å². The highest BCUT2D eigenvalue weighted by molar-refractivity contribution is 4.94. The summed E-state index contributed by atoms with van der Waals surface area (Å²) in [7, 11) is 0. The molecule has 0 bridgehead atoms. The Labute approximate surface area is 94.4 Å². The average Bonchev–Trinajstić information content (AvgIpc) is 2.18. The zero-order chi connectivity index (χ0) is 11.5. The fourth-order valence-corrected chi connectivity index (χ4v) is 2.29. The van der Waals surface area contributed by atoms with E-state index < -0.39 is 0 Å². The van der Waals surface area contributed by atoms with Crippen molar-refractivity contribution in [1.29, 1.82) is 0 Å². The Morgan fingerprint density at radius 3 is 2.00 bits per heavy atom. The maximum absolute atomic E-state index is 6.55. The molecule has 1 fully saturated rings. The predicted molar refractivity (Wildman–Crippen MR) is 65.9 cm³/mol. The average molecular weight is 213 g/mol. The molecule has 0 spiro atoms. The van der Waals surface area contributed by atoms with Crippen LogP contribution in [0, 0.1) is 11.8 Å². The first kappa shape index (κ1) is 12.9. The molecule has 0 saturated carbocycles. The molecule has 1 heterocycles. The van der Waals surface area contributed by atoms with Gasteiger partial charge in [0, 0.05) is 38.3 Å². The Morgan fingerprint density at radius 2 is 1.60 bits per heavy atom. The van der Waals surface area contributed by atoms with Crippen molar-refractivity contribution in [3.63, 3.8) is 0 Å². The lowest BCUT2D eigenvalue weighted by molar-refractivity contribution is 0.121. The van der Waals surface area contributed by atoms with Crippen LogP contribution < -0.4 is 11.1 Å². The molecule has 15 heavy (non-hydrogen) atoms. The lowest BCUT2D eigenvalue weighted by atomic mass is 9.77. The maximum Gasteiger partial charge on any atom is 0.0329 e. The standard InChI is InChI=1S/C12H27N3/c1-10(2)12(13,11(3)4)9-15-7-5-14-6-8-15/h10-11,14H,5-9,13H2,1-4H3. The van der Waals surface area contributed by atoms with Crippen LogP contribution in [0.15, 0.2) is 0 Å². The number of nitrogens with one attached hydrogen (secondary N) is 1. The van der Waals surface area contributed by atoms with Crippen LogP contribution in [0.25, 0.3) is 0 Å². The molecule has 1 aliphatic heterocycles. The molecular formula is C12H27N3. The van der Waals surface area contributed by atoms with Gasteiger partial charge in [0.15, 0.2) is 0 Å². The van der Waals surface area contributed by atoms with Gasteiger partial charge in [0.2, 0.25) is 0 Å². The van der Waals surface area contributed by atoms with Crippen LogP contribution in [-0.2, 0) is 0 Å². The fraction of sp³-hybridized carbons (Fsp3) is 1.00. The summed E-state index contributed by atoms with van der Waals surface area (Å²) in [5.41, 5.74) is 6.51. The molecule has 0 atom stereocenters. The number of nitrogens with zero attached hydrogens (tertiary/aromatic N) is 1. The molecule has 1 saturated heterocycles. The van der Waals surface area contributed by atoms with Gasteiger partial charge in [-0.15, -0.1) is 0 Å². The van der Waals surface area contributed by atoms with Crippen molar-refractivity contribution in [1.82, 2.24) is 10.2 Å². The van der Waals surface area contributed by atoms with Gasteiger partial charge in [-0.25, -0.2) is 0 Å². The van der Waals surface area contributed by atoms with Crippen LogP contribution in [0.3, 0.4) is 0 Å². The minimum Gasteiger partial charge on any atom is -0.324 e. The molecule has 0 aromatic heterocycles. The number of nitrogens with two attached hydrogens (primary N) is 1. The molecule has 1 aliphatic rings. The van der Waals surface area contributed by atoms with E-state index in [4.69, 9.17) is 5.73 Å². The third-order valence-corrected chi connectivity index (χ3v) is 3.86. The molecule has 0 amide bonds. The van der Waals surface area contributed by atoms with E-state index in [0.29, 0.717) is 11.8 Å². The van der Waals surface area contributed by atoms with Crippen LogP contribution in [0.2, 0.25) is 0 Å². The van der Waals surface area contributed by atoms with Crippen LogP contribution >= 0.6 is 0 Å². The summed E-state index contributed by atoms with van der Waals surface area (Å²) in [5, 5.41) is 3.38. The van der Waals surface area contributed by atoms with E-state index in [1.165, 1.54) is 0 Å². The Bertz CT molecular complexity index is 175. The van der Waals surface area contributed by atoms with Gasteiger partial charge in [-0.1, -0.05) is 27.7 Å². The smallest absolute Gasteiger partial charge is 0.0329 e. The molecule has 0 aliphatic carbocycles. The van der Waals surface area contributed by atoms with E-state index in [1.54, 1.807) is 0 Å². The van der Waals surface area contributed by atoms with Gasteiger partial charge in [0.05, 0.1) is 0 Å². The quantitative estimate of drug-likeness (QED) is 0.729. The van der Waals surface area contributed by atoms with E-state index in [1.807, 2.05) is 0 Å². The summed E-state index contributed by atoms with van der Waals surface area (Å²) in [6.07, 6.45) is 0. The first-order valence-electron chi connectivity index (χ1n) is 6.18. The Morgan fingerprint density at radius 1 is 1.13 bits per heavy atom. The number of hydrogen-bond acceptors (Lipinski definition) is 3. The van der Waals surface area contributed by atoms with Crippen molar-refractivity contribution in [3.05, 3.63) is 0 Å². The highest BCUT2D eigenvalue weighted by atomic mass is 15.2. The van der Waals surface area contributed by atoms with Gasteiger partial charge < -0.3 is 11.1 Å². The Kier molecular flexibility index (Phi) is 4.56. The second-order valence-corrected chi connectivity index (χ2v) is 5.45. The molecule has 0 unspecified atom stereocenters. The van der Waals surface area contributed by atoms with Crippen LogP contribution in [0.4, 0.5) is 0 Å². The molecule has 90 valence electrons. The fourth-order valence-electron chi connectivity index (χ4n) is 2.29. The zero-order valence-corrected chi connectivity index (χ0v) is 10.7. The molecule has 0 radical (unpaired) electrons. The summed E-state index contributed by atoms with van der Waals surface area (Å²) in [6.45, 7) is 14.5. The second-order valence-electron chi connectivity index (χ2n) is 5.45. The third-order valence-electron chi connectivity index (χ3n) is 3.86. The van der Waals surface area contributed by atoms with Crippen molar-refractivity contribution < 1.29 is 0 Å². The van der Waals surface area contributed by atoms with Gasteiger partial charge in [0.25, 0.3) is 0 Å². The Balaban J connectivity index is 2.57. The van der Waals surface area contributed by atoms with E-state index >= 15 is 0 Å². The molecule has 1 rings (SSSR count). The predicted octanol–water partition coefficient (Wildman–Crippen LogP) is 0.901. The maximum atomic E-state index is 6.55. The Hall–Kier alpha value is -0.120. The summed E-state index contributed by atoms with van der Waals surface area (Å²) in [4.78, 5) is 2.50. The normalized spacial score (nSPS) is 20.2. The molecule has 3 heteroatoms. The summed E-state index contributed by atoms with van der Waals surface area (Å²) >= 11 is 0. The van der Waals surface area contributed by atoms with Crippen molar-refractivity contribution in [2.45, 2.75) is 33.2 Å². The van der Waals surface area contributed by atoms with Gasteiger partial charge >= 0.3 is 0 Å². The zero-order valence-electron chi connectivity index (χ0n) is 10.7. The van der Waals surface area contributed by atoms with Gasteiger partial charge in [0.1, 0.15) is 0 Å². The SMILES string of the molecule is CC(C)C(N)(CN1CCNCC1)C(C)C. The molecule has 0 aromatic carbocycles. The highest BCUT2D eigenvalue weighted by Gasteiger charge is 2.34. The topological polar surface area (TPSA) is 41.3 Å². The minimum absolute atomic E-state index is 0.0443. The lowest BCUT2D eigenvalue weighted by Gasteiger charge is -2.42. The van der Waals surface area contributed by atoms with E-state index in [9.17, 15) is 0 Å².